The van der Waals surface area contributed by atoms with E-state index in [4.69, 9.17) is 9.84 Å². The van der Waals surface area contributed by atoms with Crippen LogP contribution in [0.15, 0.2) is 12.3 Å². The molecule has 0 aliphatic carbocycles. The molecule has 1 N–H and O–H groups in total. The maximum atomic E-state index is 12.9. The van der Waals surface area contributed by atoms with Gasteiger partial charge in [0.1, 0.15) is 5.75 Å². The van der Waals surface area contributed by atoms with Gasteiger partial charge in [0.05, 0.1) is 18.8 Å². The van der Waals surface area contributed by atoms with Crippen LogP contribution < -0.4 is 4.74 Å². The van der Waals surface area contributed by atoms with Crippen LogP contribution in [0.3, 0.4) is 0 Å². The molecule has 0 saturated carbocycles. The van der Waals surface area contributed by atoms with Gasteiger partial charge >= 0.3 is 0 Å². The van der Waals surface area contributed by atoms with Crippen molar-refractivity contribution in [3.05, 3.63) is 23.8 Å². The zero-order chi connectivity index (χ0) is 9.14. The third-order valence-electron chi connectivity index (χ3n) is 1.54. The van der Waals surface area contributed by atoms with Crippen LogP contribution in [0.4, 0.5) is 4.39 Å². The summed E-state index contributed by atoms with van der Waals surface area (Å²) in [6, 6.07) is 1.51. The van der Waals surface area contributed by atoms with E-state index in [1.165, 1.54) is 26.3 Å². The fraction of sp³-hybridized carbons (Fsp3) is 0.375. The van der Waals surface area contributed by atoms with Crippen LogP contribution in [0.25, 0.3) is 0 Å². The Balaban J connectivity index is 3.20. The predicted molar refractivity (Wildman–Crippen MR) is 41.4 cm³/mol. The maximum absolute atomic E-state index is 12.9. The Morgan fingerprint density at radius 2 is 2.33 bits per heavy atom. The Labute approximate surface area is 69.8 Å². The molecule has 0 spiro atoms. The molecule has 3 nitrogen and oxygen atoms in total. The third kappa shape index (κ3) is 1.53. The molecule has 1 unspecified atom stereocenters. The highest BCUT2D eigenvalue weighted by atomic mass is 19.1. The highest BCUT2D eigenvalue weighted by molar-refractivity contribution is 5.32. The first-order chi connectivity index (χ1) is 5.66. The molecule has 1 aromatic heterocycles. The van der Waals surface area contributed by atoms with Crippen molar-refractivity contribution in [2.45, 2.75) is 13.0 Å². The number of halogens is 1. The molecule has 4 heteroatoms. The van der Waals surface area contributed by atoms with Gasteiger partial charge in [0.2, 0.25) is 5.95 Å². The minimum Gasteiger partial charge on any atom is -0.496 e. The second-order valence-corrected chi connectivity index (χ2v) is 2.39. The van der Waals surface area contributed by atoms with Crippen molar-refractivity contribution in [3.8, 4) is 5.75 Å². The monoisotopic (exact) mass is 171 g/mol. The summed E-state index contributed by atoms with van der Waals surface area (Å²) in [5.74, 6) is -0.373. The molecule has 0 bridgehead atoms. The quantitative estimate of drug-likeness (QED) is 0.681. The summed E-state index contributed by atoms with van der Waals surface area (Å²) in [6.45, 7) is 1.46. The summed E-state index contributed by atoms with van der Waals surface area (Å²) in [5, 5.41) is 9.16. The van der Waals surface area contributed by atoms with Crippen LogP contribution >= 0.6 is 0 Å². The van der Waals surface area contributed by atoms with Crippen LogP contribution in [-0.2, 0) is 0 Å². The van der Waals surface area contributed by atoms with Crippen molar-refractivity contribution in [2.75, 3.05) is 7.11 Å². The SMILES string of the molecule is COc1ccnc(F)c1C(C)O. The summed E-state index contributed by atoms with van der Waals surface area (Å²) in [6.07, 6.45) is 0.383. The normalized spacial score (nSPS) is 12.7. The van der Waals surface area contributed by atoms with Crippen LogP contribution in [-0.4, -0.2) is 17.2 Å². The molecular weight excluding hydrogens is 161 g/mol. The van der Waals surface area contributed by atoms with Crippen molar-refractivity contribution < 1.29 is 14.2 Å². The summed E-state index contributed by atoms with van der Waals surface area (Å²) < 4.78 is 17.8. The number of pyridine rings is 1. The van der Waals surface area contributed by atoms with E-state index in [-0.39, 0.29) is 5.56 Å². The van der Waals surface area contributed by atoms with Gasteiger partial charge in [-0.2, -0.15) is 4.39 Å². The van der Waals surface area contributed by atoms with E-state index in [1.807, 2.05) is 0 Å². The Morgan fingerprint density at radius 1 is 1.67 bits per heavy atom. The number of ether oxygens (including phenoxy) is 1. The molecule has 66 valence electrons. The number of aliphatic hydroxyl groups excluding tert-OH is 1. The maximum Gasteiger partial charge on any atom is 0.222 e. The summed E-state index contributed by atoms with van der Waals surface area (Å²) in [7, 11) is 1.42. The van der Waals surface area contributed by atoms with E-state index in [1.54, 1.807) is 0 Å². The molecular formula is C8H10FNO2. The van der Waals surface area contributed by atoms with Crippen molar-refractivity contribution in [1.82, 2.24) is 4.98 Å². The van der Waals surface area contributed by atoms with Crippen LogP contribution in [0.1, 0.15) is 18.6 Å². The number of rotatable bonds is 2. The lowest BCUT2D eigenvalue weighted by Gasteiger charge is -2.09. The Morgan fingerprint density at radius 3 is 2.75 bits per heavy atom. The molecule has 12 heavy (non-hydrogen) atoms. The van der Waals surface area contributed by atoms with Crippen LogP contribution in [0.2, 0.25) is 0 Å². The standard InChI is InChI=1S/C8H10FNO2/c1-5(11)7-6(12-2)3-4-10-8(7)9/h3-5,11H,1-2H3. The molecule has 0 aliphatic heterocycles. The zero-order valence-corrected chi connectivity index (χ0v) is 6.91. The summed E-state index contributed by atoms with van der Waals surface area (Å²) in [5.41, 5.74) is 0.0972. The van der Waals surface area contributed by atoms with E-state index in [0.29, 0.717) is 5.75 Å². The molecule has 1 rings (SSSR count). The molecule has 0 amide bonds. The topological polar surface area (TPSA) is 42.4 Å². The van der Waals surface area contributed by atoms with E-state index in [0.717, 1.165) is 0 Å². The van der Waals surface area contributed by atoms with E-state index < -0.39 is 12.1 Å². The smallest absolute Gasteiger partial charge is 0.222 e. The number of nitrogens with zero attached hydrogens (tertiary/aromatic N) is 1. The van der Waals surface area contributed by atoms with Gasteiger partial charge in [-0.3, -0.25) is 0 Å². The minimum atomic E-state index is -0.909. The predicted octanol–water partition coefficient (Wildman–Crippen LogP) is 1.28. The van der Waals surface area contributed by atoms with Gasteiger partial charge in [0.25, 0.3) is 0 Å². The molecule has 0 aromatic carbocycles. The molecule has 1 heterocycles. The Bertz CT molecular complexity index is 276. The highest BCUT2D eigenvalue weighted by Gasteiger charge is 2.14. The fourth-order valence-corrected chi connectivity index (χ4v) is 0.988. The number of methoxy groups -OCH3 is 1. The third-order valence-corrected chi connectivity index (χ3v) is 1.54. The van der Waals surface area contributed by atoms with Gasteiger partial charge in [-0.1, -0.05) is 0 Å². The summed E-state index contributed by atoms with van der Waals surface area (Å²) >= 11 is 0. The second kappa shape index (κ2) is 3.49. The van der Waals surface area contributed by atoms with E-state index in [9.17, 15) is 4.39 Å². The first-order valence-corrected chi connectivity index (χ1v) is 3.53. The number of aliphatic hydroxyl groups is 1. The van der Waals surface area contributed by atoms with Gasteiger partial charge < -0.3 is 9.84 Å². The minimum absolute atomic E-state index is 0.0972. The van der Waals surface area contributed by atoms with Crippen molar-refractivity contribution >= 4 is 0 Å². The lowest BCUT2D eigenvalue weighted by Crippen LogP contribution is -2.01. The van der Waals surface area contributed by atoms with Crippen LogP contribution in [0.5, 0.6) is 5.75 Å². The van der Waals surface area contributed by atoms with E-state index >= 15 is 0 Å². The molecule has 1 atom stereocenters. The van der Waals surface area contributed by atoms with Crippen LogP contribution in [0, 0.1) is 5.95 Å². The van der Waals surface area contributed by atoms with E-state index in [2.05, 4.69) is 4.98 Å². The lowest BCUT2D eigenvalue weighted by molar-refractivity contribution is 0.187. The number of hydrogen-bond acceptors (Lipinski definition) is 3. The molecule has 0 saturated heterocycles. The van der Waals surface area contributed by atoms with Gasteiger partial charge in [0, 0.05) is 6.20 Å². The lowest BCUT2D eigenvalue weighted by atomic mass is 10.1. The molecule has 0 fully saturated rings. The number of hydrogen-bond donors (Lipinski definition) is 1. The van der Waals surface area contributed by atoms with Crippen molar-refractivity contribution in [1.29, 1.82) is 0 Å². The second-order valence-electron chi connectivity index (χ2n) is 2.39. The van der Waals surface area contributed by atoms with Crippen molar-refractivity contribution in [3.63, 3.8) is 0 Å². The Kier molecular flexibility index (Phi) is 2.60. The summed E-state index contributed by atoms with van der Waals surface area (Å²) in [4.78, 5) is 3.40. The molecule has 0 radical (unpaired) electrons. The average molecular weight is 171 g/mol. The first-order valence-electron chi connectivity index (χ1n) is 3.53. The fourth-order valence-electron chi connectivity index (χ4n) is 0.988. The Hall–Kier alpha value is -1.16. The van der Waals surface area contributed by atoms with Gasteiger partial charge in [-0.05, 0) is 13.0 Å². The van der Waals surface area contributed by atoms with Crippen molar-refractivity contribution in [2.24, 2.45) is 0 Å². The zero-order valence-electron chi connectivity index (χ0n) is 6.91. The molecule has 0 aliphatic rings. The van der Waals surface area contributed by atoms with Gasteiger partial charge in [0.15, 0.2) is 0 Å². The first kappa shape index (κ1) is 8.93. The molecule has 1 aromatic rings. The average Bonchev–Trinajstić information content (AvgIpc) is 2.03. The van der Waals surface area contributed by atoms with Gasteiger partial charge in [-0.25, -0.2) is 4.98 Å². The largest absolute Gasteiger partial charge is 0.496 e. The van der Waals surface area contributed by atoms with Gasteiger partial charge in [-0.15, -0.1) is 0 Å². The highest BCUT2D eigenvalue weighted by Crippen LogP contribution is 2.25. The number of aromatic nitrogens is 1.